The summed E-state index contributed by atoms with van der Waals surface area (Å²) in [6.45, 7) is 8.60. The molecule has 1 heterocycles. The van der Waals surface area contributed by atoms with E-state index in [0.29, 0.717) is 0 Å². The molecule has 0 saturated carbocycles. The molecule has 0 aliphatic carbocycles. The van der Waals surface area contributed by atoms with Crippen LogP contribution in [0.3, 0.4) is 0 Å². The van der Waals surface area contributed by atoms with Gasteiger partial charge in [-0.25, -0.2) is 0 Å². The second kappa shape index (κ2) is 4.95. The van der Waals surface area contributed by atoms with Crippen molar-refractivity contribution in [3.63, 3.8) is 0 Å². The van der Waals surface area contributed by atoms with E-state index in [0.717, 1.165) is 36.0 Å². The molecule has 1 N–H and O–H groups in total. The van der Waals surface area contributed by atoms with Crippen molar-refractivity contribution in [2.75, 3.05) is 13.1 Å². The molecule has 0 atom stereocenters. The van der Waals surface area contributed by atoms with Crippen molar-refractivity contribution >= 4 is 15.9 Å². The molecule has 0 bridgehead atoms. The van der Waals surface area contributed by atoms with Crippen LogP contribution in [0.4, 0.5) is 0 Å². The first-order valence-corrected chi connectivity index (χ1v) is 7.34. The number of aliphatic hydroxyl groups is 1. The number of benzene rings is 1. The maximum Gasteiger partial charge on any atom is 0.0921 e. The summed E-state index contributed by atoms with van der Waals surface area (Å²) in [6, 6.07) is 8.05. The molecule has 2 rings (SSSR count). The fourth-order valence-electron chi connectivity index (χ4n) is 2.61. The van der Waals surface area contributed by atoms with Crippen LogP contribution < -0.4 is 0 Å². The van der Waals surface area contributed by atoms with Crippen molar-refractivity contribution < 1.29 is 5.11 Å². The summed E-state index contributed by atoms with van der Waals surface area (Å²) in [5, 5.41) is 10.8. The molecule has 1 saturated heterocycles. The highest BCUT2D eigenvalue weighted by Crippen LogP contribution is 2.35. The average Bonchev–Trinajstić information content (AvgIpc) is 2.28. The third-order valence-electron chi connectivity index (χ3n) is 3.90. The van der Waals surface area contributed by atoms with Gasteiger partial charge in [-0.05, 0) is 51.3 Å². The van der Waals surface area contributed by atoms with Gasteiger partial charge in [0.1, 0.15) is 0 Å². The van der Waals surface area contributed by atoms with Crippen molar-refractivity contribution in [1.29, 1.82) is 0 Å². The molecule has 0 spiro atoms. The van der Waals surface area contributed by atoms with E-state index in [1.807, 2.05) is 24.3 Å². The fourth-order valence-corrected chi connectivity index (χ4v) is 3.01. The Labute approximate surface area is 118 Å². The normalized spacial score (nSPS) is 20.9. The van der Waals surface area contributed by atoms with Crippen LogP contribution in [0.5, 0.6) is 0 Å². The predicted octanol–water partition coefficient (Wildman–Crippen LogP) is 3.53. The predicted molar refractivity (Wildman–Crippen MR) is 78.6 cm³/mol. The average molecular weight is 312 g/mol. The van der Waals surface area contributed by atoms with E-state index in [1.165, 1.54) is 0 Å². The van der Waals surface area contributed by atoms with Crippen molar-refractivity contribution in [2.24, 2.45) is 0 Å². The highest BCUT2D eigenvalue weighted by Gasteiger charge is 2.36. The molecule has 1 fully saturated rings. The Balaban J connectivity index is 2.12. The Morgan fingerprint density at radius 3 is 2.33 bits per heavy atom. The maximum absolute atomic E-state index is 10.8. The number of likely N-dealkylation sites (tertiary alicyclic amines) is 1. The highest BCUT2D eigenvalue weighted by atomic mass is 79.9. The summed E-state index contributed by atoms with van der Waals surface area (Å²) >= 11 is 3.48. The van der Waals surface area contributed by atoms with Crippen molar-refractivity contribution in [3.8, 4) is 0 Å². The lowest BCUT2D eigenvalue weighted by molar-refractivity contribution is -0.0461. The minimum atomic E-state index is -0.661. The van der Waals surface area contributed by atoms with Crippen LogP contribution in [0, 0.1) is 0 Å². The summed E-state index contributed by atoms with van der Waals surface area (Å²) in [5.41, 5.74) is 0.565. The molecular weight excluding hydrogens is 290 g/mol. The Bertz CT molecular complexity index is 417. The first-order chi connectivity index (χ1) is 8.31. The molecular formula is C15H22BrNO. The molecule has 1 aliphatic rings. The van der Waals surface area contributed by atoms with Crippen LogP contribution in [0.15, 0.2) is 28.7 Å². The standard InChI is InChI=1S/C15H22BrNO/c1-14(2,3)17-9-7-15(18,8-10-17)12-5-4-6-13(16)11-12/h4-6,11,18H,7-10H2,1-3H3. The Morgan fingerprint density at radius 2 is 1.83 bits per heavy atom. The van der Waals surface area contributed by atoms with E-state index < -0.39 is 5.60 Å². The fraction of sp³-hybridized carbons (Fsp3) is 0.600. The van der Waals surface area contributed by atoms with Crippen molar-refractivity contribution in [2.45, 2.75) is 44.8 Å². The third-order valence-corrected chi connectivity index (χ3v) is 4.39. The maximum atomic E-state index is 10.8. The molecule has 2 nitrogen and oxygen atoms in total. The molecule has 0 aromatic heterocycles. The zero-order valence-corrected chi connectivity index (χ0v) is 13.0. The summed E-state index contributed by atoms with van der Waals surface area (Å²) in [7, 11) is 0. The van der Waals surface area contributed by atoms with Crippen molar-refractivity contribution in [3.05, 3.63) is 34.3 Å². The molecule has 1 aromatic rings. The third kappa shape index (κ3) is 2.95. The lowest BCUT2D eigenvalue weighted by Gasteiger charge is -2.44. The van der Waals surface area contributed by atoms with E-state index in [9.17, 15) is 5.11 Å². The van der Waals surface area contributed by atoms with Crippen LogP contribution >= 0.6 is 15.9 Å². The molecule has 1 aliphatic heterocycles. The summed E-state index contributed by atoms with van der Waals surface area (Å²) in [5.74, 6) is 0. The monoisotopic (exact) mass is 311 g/mol. The largest absolute Gasteiger partial charge is 0.385 e. The molecule has 1 aromatic carbocycles. The summed E-state index contributed by atoms with van der Waals surface area (Å²) < 4.78 is 1.03. The van der Waals surface area contributed by atoms with Crippen LogP contribution in [0.1, 0.15) is 39.2 Å². The number of rotatable bonds is 1. The molecule has 18 heavy (non-hydrogen) atoms. The van der Waals surface area contributed by atoms with Gasteiger partial charge >= 0.3 is 0 Å². The second-order valence-corrected chi connectivity index (χ2v) is 7.12. The summed E-state index contributed by atoms with van der Waals surface area (Å²) in [6.07, 6.45) is 1.61. The Hall–Kier alpha value is -0.380. The van der Waals surface area contributed by atoms with Crippen LogP contribution in [0.2, 0.25) is 0 Å². The minimum Gasteiger partial charge on any atom is -0.385 e. The SMILES string of the molecule is CC(C)(C)N1CCC(O)(c2cccc(Br)c2)CC1. The van der Waals surface area contributed by atoms with Crippen LogP contribution in [-0.2, 0) is 5.60 Å². The van der Waals surface area contributed by atoms with Gasteiger partial charge in [0.05, 0.1) is 5.60 Å². The van der Waals surface area contributed by atoms with Crippen molar-refractivity contribution in [1.82, 2.24) is 4.90 Å². The van der Waals surface area contributed by atoms with E-state index in [4.69, 9.17) is 0 Å². The van der Waals surface area contributed by atoms with Gasteiger partial charge < -0.3 is 5.11 Å². The Morgan fingerprint density at radius 1 is 1.22 bits per heavy atom. The van der Waals surface area contributed by atoms with Gasteiger partial charge in [0.2, 0.25) is 0 Å². The number of hydrogen-bond acceptors (Lipinski definition) is 2. The topological polar surface area (TPSA) is 23.5 Å². The first-order valence-electron chi connectivity index (χ1n) is 6.55. The quantitative estimate of drug-likeness (QED) is 0.857. The number of hydrogen-bond donors (Lipinski definition) is 1. The van der Waals surface area contributed by atoms with Gasteiger partial charge in [-0.3, -0.25) is 4.90 Å². The van der Waals surface area contributed by atoms with Gasteiger partial charge in [0.25, 0.3) is 0 Å². The smallest absolute Gasteiger partial charge is 0.0921 e. The number of halogens is 1. The Kier molecular flexibility index (Phi) is 3.86. The zero-order valence-electron chi connectivity index (χ0n) is 11.4. The number of nitrogens with zero attached hydrogens (tertiary/aromatic N) is 1. The minimum absolute atomic E-state index is 0.193. The van der Waals surface area contributed by atoms with E-state index in [2.05, 4.69) is 41.6 Å². The lowest BCUT2D eigenvalue weighted by Crippen LogP contribution is -2.50. The second-order valence-electron chi connectivity index (χ2n) is 6.20. The zero-order chi connectivity index (χ0) is 13.4. The van der Waals surface area contributed by atoms with Gasteiger partial charge in [-0.1, -0.05) is 28.1 Å². The number of piperidine rings is 1. The van der Waals surface area contributed by atoms with Gasteiger partial charge in [-0.2, -0.15) is 0 Å². The van der Waals surface area contributed by atoms with E-state index in [-0.39, 0.29) is 5.54 Å². The highest BCUT2D eigenvalue weighted by molar-refractivity contribution is 9.10. The first kappa shape index (κ1) is 14.0. The van der Waals surface area contributed by atoms with Gasteiger partial charge in [0.15, 0.2) is 0 Å². The molecule has 0 unspecified atom stereocenters. The summed E-state index contributed by atoms with van der Waals surface area (Å²) in [4.78, 5) is 2.44. The van der Waals surface area contributed by atoms with E-state index in [1.54, 1.807) is 0 Å². The van der Waals surface area contributed by atoms with Gasteiger partial charge in [-0.15, -0.1) is 0 Å². The lowest BCUT2D eigenvalue weighted by atomic mass is 9.83. The molecule has 3 heteroatoms. The molecule has 0 amide bonds. The van der Waals surface area contributed by atoms with Crippen LogP contribution in [0.25, 0.3) is 0 Å². The molecule has 0 radical (unpaired) electrons. The van der Waals surface area contributed by atoms with Gasteiger partial charge in [0, 0.05) is 23.1 Å². The van der Waals surface area contributed by atoms with E-state index >= 15 is 0 Å². The molecule has 100 valence electrons. The van der Waals surface area contributed by atoms with Crippen LogP contribution in [-0.4, -0.2) is 28.6 Å².